The van der Waals surface area contributed by atoms with Crippen molar-refractivity contribution in [1.29, 1.82) is 0 Å². The summed E-state index contributed by atoms with van der Waals surface area (Å²) < 4.78 is 11.0. The van der Waals surface area contributed by atoms with Crippen LogP contribution in [-0.4, -0.2) is 29.8 Å². The van der Waals surface area contributed by atoms with Gasteiger partial charge in [-0.25, -0.2) is 0 Å². The summed E-state index contributed by atoms with van der Waals surface area (Å²) in [6, 6.07) is -0.182. The highest BCUT2D eigenvalue weighted by molar-refractivity contribution is 5.75. The molecule has 2 aliphatic rings. The van der Waals surface area contributed by atoms with Crippen LogP contribution in [0.5, 0.6) is 0 Å². The van der Waals surface area contributed by atoms with Crippen molar-refractivity contribution in [3.8, 4) is 0 Å². The van der Waals surface area contributed by atoms with Crippen LogP contribution in [0.2, 0.25) is 0 Å². The smallest absolute Gasteiger partial charge is 0.313 e. The maximum atomic E-state index is 11.9. The zero-order valence-corrected chi connectivity index (χ0v) is 9.53. The number of fused-ring (bicyclic) bond motifs is 2. The van der Waals surface area contributed by atoms with Crippen LogP contribution in [0, 0.1) is 5.92 Å². The monoisotopic (exact) mass is 213 g/mol. The van der Waals surface area contributed by atoms with Gasteiger partial charge in [0.25, 0.3) is 0 Å². The van der Waals surface area contributed by atoms with Gasteiger partial charge in [-0.1, -0.05) is 0 Å². The molecule has 86 valence electrons. The third kappa shape index (κ3) is 2.01. The molecule has 0 aromatic heterocycles. The maximum Gasteiger partial charge on any atom is 0.313 e. The average molecular weight is 213 g/mol. The van der Waals surface area contributed by atoms with Gasteiger partial charge in [-0.05, 0) is 33.6 Å². The first-order chi connectivity index (χ1) is 6.88. The van der Waals surface area contributed by atoms with Crippen LogP contribution in [0.15, 0.2) is 0 Å². The first kappa shape index (κ1) is 10.9. The summed E-state index contributed by atoms with van der Waals surface area (Å²) in [5, 5.41) is 0. The molecule has 2 rings (SSSR count). The minimum atomic E-state index is -0.446. The lowest BCUT2D eigenvalue weighted by molar-refractivity contribution is -0.162. The van der Waals surface area contributed by atoms with E-state index < -0.39 is 5.60 Å². The average Bonchev–Trinajstić information content (AvgIpc) is 2.59. The molecule has 0 amide bonds. The molecule has 2 heterocycles. The van der Waals surface area contributed by atoms with Crippen LogP contribution in [-0.2, 0) is 14.3 Å². The van der Waals surface area contributed by atoms with Crippen LogP contribution in [0.3, 0.4) is 0 Å². The van der Waals surface area contributed by atoms with Crippen LogP contribution >= 0.6 is 0 Å². The van der Waals surface area contributed by atoms with E-state index in [1.807, 2.05) is 20.8 Å². The molecule has 0 aliphatic carbocycles. The number of hydrogen-bond acceptors (Lipinski definition) is 4. The second kappa shape index (κ2) is 3.46. The molecule has 0 spiro atoms. The molecular formula is C11H19NO3. The molecule has 0 aromatic rings. The van der Waals surface area contributed by atoms with Crippen molar-refractivity contribution < 1.29 is 14.3 Å². The Morgan fingerprint density at radius 3 is 2.40 bits per heavy atom. The Bertz CT molecular complexity index is 269. The van der Waals surface area contributed by atoms with E-state index in [1.165, 1.54) is 0 Å². The highest BCUT2D eigenvalue weighted by Gasteiger charge is 2.51. The van der Waals surface area contributed by atoms with Crippen LogP contribution < -0.4 is 5.73 Å². The number of nitrogens with two attached hydrogens (primary N) is 1. The molecule has 2 bridgehead atoms. The van der Waals surface area contributed by atoms with Gasteiger partial charge in [0.2, 0.25) is 0 Å². The van der Waals surface area contributed by atoms with Crippen molar-refractivity contribution in [3.05, 3.63) is 0 Å². The Kier molecular flexibility index (Phi) is 2.51. The summed E-state index contributed by atoms with van der Waals surface area (Å²) in [5.74, 6) is -0.467. The van der Waals surface area contributed by atoms with Crippen LogP contribution in [0.1, 0.15) is 33.6 Å². The third-order valence-electron chi connectivity index (χ3n) is 3.01. The van der Waals surface area contributed by atoms with Gasteiger partial charge < -0.3 is 15.2 Å². The normalized spacial score (nSPS) is 39.5. The van der Waals surface area contributed by atoms with Crippen molar-refractivity contribution in [2.24, 2.45) is 11.7 Å². The van der Waals surface area contributed by atoms with Gasteiger partial charge in [-0.2, -0.15) is 0 Å². The number of carbonyl (C=O) groups is 1. The summed E-state index contributed by atoms with van der Waals surface area (Å²) >= 11 is 0. The topological polar surface area (TPSA) is 61.5 Å². The van der Waals surface area contributed by atoms with E-state index in [0.717, 1.165) is 12.8 Å². The molecule has 0 aromatic carbocycles. The van der Waals surface area contributed by atoms with E-state index in [-0.39, 0.29) is 30.1 Å². The summed E-state index contributed by atoms with van der Waals surface area (Å²) in [6.45, 7) is 5.60. The van der Waals surface area contributed by atoms with Crippen molar-refractivity contribution in [2.75, 3.05) is 0 Å². The lowest BCUT2D eigenvalue weighted by Gasteiger charge is -2.27. The molecular weight excluding hydrogens is 194 g/mol. The minimum Gasteiger partial charge on any atom is -0.460 e. The van der Waals surface area contributed by atoms with E-state index >= 15 is 0 Å². The van der Waals surface area contributed by atoms with Gasteiger partial charge in [-0.15, -0.1) is 0 Å². The molecule has 2 fully saturated rings. The molecule has 4 atom stereocenters. The first-order valence-electron chi connectivity index (χ1n) is 5.52. The Morgan fingerprint density at radius 1 is 1.33 bits per heavy atom. The fourth-order valence-corrected chi connectivity index (χ4v) is 2.39. The molecule has 4 heteroatoms. The SMILES string of the molecule is CC(C)(C)OC(=O)[C@@H]1[C@H](N)[C@H]2CC[C@@H]1O2. The largest absolute Gasteiger partial charge is 0.460 e. The number of carbonyl (C=O) groups excluding carboxylic acids is 1. The van der Waals surface area contributed by atoms with Gasteiger partial charge in [0, 0.05) is 6.04 Å². The van der Waals surface area contributed by atoms with Crippen molar-refractivity contribution in [3.63, 3.8) is 0 Å². The quantitative estimate of drug-likeness (QED) is 0.655. The van der Waals surface area contributed by atoms with Crippen molar-refractivity contribution >= 4 is 5.97 Å². The zero-order chi connectivity index (χ0) is 11.2. The highest BCUT2D eigenvalue weighted by Crippen LogP contribution is 2.39. The first-order valence-corrected chi connectivity index (χ1v) is 5.52. The van der Waals surface area contributed by atoms with Gasteiger partial charge in [0.1, 0.15) is 11.5 Å². The van der Waals surface area contributed by atoms with Gasteiger partial charge >= 0.3 is 5.97 Å². The lowest BCUT2D eigenvalue weighted by atomic mass is 9.85. The summed E-state index contributed by atoms with van der Waals surface area (Å²) in [6.07, 6.45) is 1.96. The van der Waals surface area contributed by atoms with Crippen molar-refractivity contribution in [2.45, 2.75) is 57.5 Å². The molecule has 15 heavy (non-hydrogen) atoms. The summed E-state index contributed by atoms with van der Waals surface area (Å²) in [4.78, 5) is 11.9. The predicted molar refractivity (Wildman–Crippen MR) is 55.2 cm³/mol. The number of esters is 1. The second-order valence-corrected chi connectivity index (χ2v) is 5.43. The Hall–Kier alpha value is -0.610. The molecule has 0 saturated carbocycles. The number of hydrogen-bond donors (Lipinski definition) is 1. The predicted octanol–water partition coefficient (Wildman–Crippen LogP) is 0.833. The highest BCUT2D eigenvalue weighted by atomic mass is 16.6. The van der Waals surface area contributed by atoms with E-state index in [4.69, 9.17) is 15.2 Å². The second-order valence-electron chi connectivity index (χ2n) is 5.43. The third-order valence-corrected chi connectivity index (χ3v) is 3.01. The molecule has 2 N–H and O–H groups in total. The molecule has 2 aliphatic heterocycles. The van der Waals surface area contributed by atoms with Crippen LogP contribution in [0.4, 0.5) is 0 Å². The Morgan fingerprint density at radius 2 is 1.93 bits per heavy atom. The lowest BCUT2D eigenvalue weighted by Crippen LogP contribution is -2.46. The summed E-state index contributed by atoms with van der Waals surface area (Å²) in [5.41, 5.74) is 5.51. The molecule has 2 saturated heterocycles. The maximum absolute atomic E-state index is 11.9. The fraction of sp³-hybridized carbons (Fsp3) is 0.909. The van der Waals surface area contributed by atoms with E-state index in [2.05, 4.69) is 0 Å². The van der Waals surface area contributed by atoms with E-state index in [0.29, 0.717) is 0 Å². The van der Waals surface area contributed by atoms with Gasteiger partial charge in [0.15, 0.2) is 0 Å². The standard InChI is InChI=1S/C11H19NO3/c1-11(2,3)15-10(13)8-6-4-5-7(14-6)9(8)12/h6-9H,4-5,12H2,1-3H3/t6-,7+,8-,9+/m0/s1. The van der Waals surface area contributed by atoms with Gasteiger partial charge in [-0.3, -0.25) is 4.79 Å². The molecule has 0 unspecified atom stereocenters. The number of ether oxygens (including phenoxy) is 2. The van der Waals surface area contributed by atoms with Crippen LogP contribution in [0.25, 0.3) is 0 Å². The van der Waals surface area contributed by atoms with E-state index in [9.17, 15) is 4.79 Å². The minimum absolute atomic E-state index is 0.0140. The zero-order valence-electron chi connectivity index (χ0n) is 9.53. The fourth-order valence-electron chi connectivity index (χ4n) is 2.39. The number of rotatable bonds is 1. The Labute approximate surface area is 90.1 Å². The summed E-state index contributed by atoms with van der Waals surface area (Å²) in [7, 11) is 0. The van der Waals surface area contributed by atoms with E-state index in [1.54, 1.807) is 0 Å². The van der Waals surface area contributed by atoms with Gasteiger partial charge in [0.05, 0.1) is 12.2 Å². The molecule has 4 nitrogen and oxygen atoms in total. The van der Waals surface area contributed by atoms with Crippen molar-refractivity contribution in [1.82, 2.24) is 0 Å². The Balaban J connectivity index is 2.02. The molecule has 0 radical (unpaired) electrons.